The van der Waals surface area contributed by atoms with Crippen molar-refractivity contribution >= 4 is 43.3 Å². The van der Waals surface area contributed by atoms with Gasteiger partial charge in [0.15, 0.2) is 0 Å². The highest BCUT2D eigenvalue weighted by atomic mass is 32.1. The molecule has 6 aromatic rings. The van der Waals surface area contributed by atoms with E-state index in [4.69, 9.17) is 9.40 Å². The molecule has 0 N–H and O–H groups in total. The van der Waals surface area contributed by atoms with Gasteiger partial charge in [-0.15, -0.1) is 11.3 Å². The maximum atomic E-state index is 5.88. The predicted octanol–water partition coefficient (Wildman–Crippen LogP) is 10.0. The average molecular weight is 490 g/mol. The Bertz CT molecular complexity index is 1730. The van der Waals surface area contributed by atoms with Gasteiger partial charge in [-0.25, -0.2) is 4.98 Å². The van der Waals surface area contributed by atoms with Crippen LogP contribution in [0.3, 0.4) is 0 Å². The molecule has 3 heteroatoms. The minimum atomic E-state index is 0.0324. The molecule has 36 heavy (non-hydrogen) atoms. The molecule has 3 aromatic heterocycles. The molecule has 3 heterocycles. The van der Waals surface area contributed by atoms with Crippen LogP contribution in [0.1, 0.15) is 45.7 Å². The minimum Gasteiger partial charge on any atom is -0.464 e. The Morgan fingerprint density at radius 1 is 0.861 bits per heavy atom. The van der Waals surface area contributed by atoms with Crippen LogP contribution < -0.4 is 0 Å². The fourth-order valence-corrected chi connectivity index (χ4v) is 6.05. The van der Waals surface area contributed by atoms with E-state index in [0.29, 0.717) is 5.92 Å². The van der Waals surface area contributed by atoms with Crippen LogP contribution in [-0.4, -0.2) is 4.98 Å². The largest absolute Gasteiger partial charge is 0.464 e. The SMILES string of the molecule is CC(C)Cc1coc2ccc(-c3cc(-c4cc(C(C)(C)C)c5ccccc5c4)nc4sccc34)cc12. The molecule has 6 rings (SSSR count). The van der Waals surface area contributed by atoms with E-state index in [1.807, 2.05) is 6.26 Å². The Morgan fingerprint density at radius 3 is 2.50 bits per heavy atom. The number of hydrogen-bond donors (Lipinski definition) is 0. The maximum absolute atomic E-state index is 5.88. The zero-order chi connectivity index (χ0) is 25.0. The first kappa shape index (κ1) is 23.0. The molecule has 0 radical (unpaired) electrons. The Kier molecular flexibility index (Phi) is 5.49. The summed E-state index contributed by atoms with van der Waals surface area (Å²) in [6.45, 7) is 11.4. The van der Waals surface area contributed by atoms with E-state index in [-0.39, 0.29) is 5.41 Å². The summed E-state index contributed by atoms with van der Waals surface area (Å²) in [5.74, 6) is 0.579. The van der Waals surface area contributed by atoms with Crippen molar-refractivity contribution in [3.63, 3.8) is 0 Å². The quantitative estimate of drug-likeness (QED) is 0.246. The molecule has 0 aliphatic rings. The molecular weight excluding hydrogens is 458 g/mol. The lowest BCUT2D eigenvalue weighted by molar-refractivity contribution is 0.594. The molecule has 0 aliphatic heterocycles. The molecule has 0 unspecified atom stereocenters. The van der Waals surface area contributed by atoms with Crippen LogP contribution >= 0.6 is 11.3 Å². The summed E-state index contributed by atoms with van der Waals surface area (Å²) < 4.78 is 5.88. The molecule has 0 fully saturated rings. The lowest BCUT2D eigenvalue weighted by Crippen LogP contribution is -2.12. The topological polar surface area (TPSA) is 26.0 Å². The third-order valence-electron chi connectivity index (χ3n) is 7.00. The van der Waals surface area contributed by atoms with Gasteiger partial charge in [0, 0.05) is 16.3 Å². The van der Waals surface area contributed by atoms with Crippen molar-refractivity contribution in [1.82, 2.24) is 4.98 Å². The number of furan rings is 1. The Morgan fingerprint density at radius 2 is 1.69 bits per heavy atom. The minimum absolute atomic E-state index is 0.0324. The van der Waals surface area contributed by atoms with Crippen LogP contribution in [-0.2, 0) is 11.8 Å². The van der Waals surface area contributed by atoms with Crippen LogP contribution in [0.4, 0.5) is 0 Å². The van der Waals surface area contributed by atoms with E-state index in [1.54, 1.807) is 11.3 Å². The van der Waals surface area contributed by atoms with E-state index in [9.17, 15) is 0 Å². The second-order valence-electron chi connectivity index (χ2n) is 11.3. The molecule has 3 aromatic carbocycles. The van der Waals surface area contributed by atoms with Crippen molar-refractivity contribution in [3.8, 4) is 22.4 Å². The van der Waals surface area contributed by atoms with Gasteiger partial charge >= 0.3 is 0 Å². The number of benzene rings is 3. The van der Waals surface area contributed by atoms with Crippen LogP contribution in [0.25, 0.3) is 54.3 Å². The monoisotopic (exact) mass is 489 g/mol. The van der Waals surface area contributed by atoms with Crippen molar-refractivity contribution in [2.75, 3.05) is 0 Å². The Hall–Kier alpha value is -3.43. The maximum Gasteiger partial charge on any atom is 0.134 e. The summed E-state index contributed by atoms with van der Waals surface area (Å²) >= 11 is 1.71. The molecule has 2 nitrogen and oxygen atoms in total. The smallest absolute Gasteiger partial charge is 0.134 e. The van der Waals surface area contributed by atoms with E-state index in [1.165, 1.54) is 49.4 Å². The Labute approximate surface area is 216 Å². The van der Waals surface area contributed by atoms with E-state index >= 15 is 0 Å². The third kappa shape index (κ3) is 4.02. The predicted molar refractivity (Wildman–Crippen MR) is 155 cm³/mol. The summed E-state index contributed by atoms with van der Waals surface area (Å²) in [7, 11) is 0. The standard InChI is InChI=1S/C33H31NOS/c1-20(2)14-24-19-35-31-11-10-22(16-28(24)31)27-18-30(34-32-26(27)12-13-36-32)23-15-21-8-6-7-9-25(21)29(17-23)33(3,4)5/h6-13,15-20H,14H2,1-5H3. The van der Waals surface area contributed by atoms with Crippen molar-refractivity contribution in [3.05, 3.63) is 89.5 Å². The highest BCUT2D eigenvalue weighted by molar-refractivity contribution is 7.16. The van der Waals surface area contributed by atoms with Crippen LogP contribution in [0.15, 0.2) is 82.8 Å². The molecule has 180 valence electrons. The molecule has 0 amide bonds. The molecule has 0 atom stereocenters. The van der Waals surface area contributed by atoms with Gasteiger partial charge in [0.25, 0.3) is 0 Å². The Balaban J connectivity index is 1.57. The average Bonchev–Trinajstić information content (AvgIpc) is 3.48. The summed E-state index contributed by atoms with van der Waals surface area (Å²) in [6, 6.07) is 24.4. The van der Waals surface area contributed by atoms with Crippen LogP contribution in [0, 0.1) is 5.92 Å². The van der Waals surface area contributed by atoms with E-state index in [2.05, 4.69) is 107 Å². The van der Waals surface area contributed by atoms with Gasteiger partial charge < -0.3 is 4.42 Å². The fraction of sp³-hybridized carbons (Fsp3) is 0.242. The molecule has 0 saturated carbocycles. The van der Waals surface area contributed by atoms with Gasteiger partial charge in [0.2, 0.25) is 0 Å². The lowest BCUT2D eigenvalue weighted by Gasteiger charge is -2.23. The van der Waals surface area contributed by atoms with Crippen molar-refractivity contribution in [2.24, 2.45) is 5.92 Å². The van der Waals surface area contributed by atoms with Crippen molar-refractivity contribution < 1.29 is 4.42 Å². The molecule has 0 bridgehead atoms. The third-order valence-corrected chi connectivity index (χ3v) is 7.80. The number of rotatable bonds is 4. The van der Waals surface area contributed by atoms with Crippen LogP contribution in [0.5, 0.6) is 0 Å². The zero-order valence-electron chi connectivity index (χ0n) is 21.6. The first-order chi connectivity index (χ1) is 17.3. The van der Waals surface area contributed by atoms with Gasteiger partial charge in [0.1, 0.15) is 10.4 Å². The van der Waals surface area contributed by atoms with E-state index < -0.39 is 0 Å². The highest BCUT2D eigenvalue weighted by Crippen LogP contribution is 2.39. The summed E-state index contributed by atoms with van der Waals surface area (Å²) in [6.07, 6.45) is 2.94. The van der Waals surface area contributed by atoms with Gasteiger partial charge in [0.05, 0.1) is 12.0 Å². The molecule has 0 spiro atoms. The van der Waals surface area contributed by atoms with Crippen LogP contribution in [0.2, 0.25) is 0 Å². The van der Waals surface area contributed by atoms with E-state index in [0.717, 1.165) is 22.5 Å². The number of fused-ring (bicyclic) bond motifs is 3. The first-order valence-corrected chi connectivity index (χ1v) is 13.6. The molecule has 0 aliphatic carbocycles. The number of aromatic nitrogens is 1. The summed E-state index contributed by atoms with van der Waals surface area (Å²) in [5, 5.41) is 7.13. The number of nitrogens with zero attached hydrogens (tertiary/aromatic N) is 1. The number of thiophene rings is 1. The highest BCUT2D eigenvalue weighted by Gasteiger charge is 2.20. The number of hydrogen-bond acceptors (Lipinski definition) is 3. The fourth-order valence-electron chi connectivity index (χ4n) is 5.26. The van der Waals surface area contributed by atoms with Gasteiger partial charge in [-0.05, 0) is 92.6 Å². The first-order valence-electron chi connectivity index (χ1n) is 12.7. The van der Waals surface area contributed by atoms with Crippen molar-refractivity contribution in [1.29, 1.82) is 0 Å². The lowest BCUT2D eigenvalue weighted by atomic mass is 9.82. The second-order valence-corrected chi connectivity index (χ2v) is 12.2. The number of pyridine rings is 1. The normalized spacial score (nSPS) is 12.4. The summed E-state index contributed by atoms with van der Waals surface area (Å²) in [5.41, 5.74) is 8.23. The van der Waals surface area contributed by atoms with Gasteiger partial charge in [-0.2, -0.15) is 0 Å². The second kappa shape index (κ2) is 8.60. The van der Waals surface area contributed by atoms with Gasteiger partial charge in [-0.3, -0.25) is 0 Å². The molecular formula is C33H31NOS. The van der Waals surface area contributed by atoms with Crippen molar-refractivity contribution in [2.45, 2.75) is 46.5 Å². The zero-order valence-corrected chi connectivity index (χ0v) is 22.4. The summed E-state index contributed by atoms with van der Waals surface area (Å²) in [4.78, 5) is 6.20. The van der Waals surface area contributed by atoms with Gasteiger partial charge in [-0.1, -0.05) is 65.0 Å². The molecule has 0 saturated heterocycles.